The summed E-state index contributed by atoms with van der Waals surface area (Å²) in [5, 5.41) is 2.43. The van der Waals surface area contributed by atoms with Crippen molar-refractivity contribution in [2.45, 2.75) is 30.4 Å². The number of hydrogen-bond acceptors (Lipinski definition) is 5. The highest BCUT2D eigenvalue weighted by Gasteiger charge is 2.37. The summed E-state index contributed by atoms with van der Waals surface area (Å²) in [5.74, 6) is -1.45. The number of hydrogen-bond donors (Lipinski definition) is 1. The smallest absolute Gasteiger partial charge is 0.296 e. The van der Waals surface area contributed by atoms with E-state index >= 15 is 0 Å². The lowest BCUT2D eigenvalue weighted by molar-refractivity contribution is -0.112. The Kier molecular flexibility index (Phi) is 5.01. The first kappa shape index (κ1) is 18.8. The van der Waals surface area contributed by atoms with Crippen molar-refractivity contribution in [2.24, 2.45) is 0 Å². The van der Waals surface area contributed by atoms with Gasteiger partial charge in [0, 0.05) is 12.6 Å². The zero-order valence-corrected chi connectivity index (χ0v) is 15.9. The van der Waals surface area contributed by atoms with Crippen LogP contribution in [0.1, 0.15) is 28.8 Å². The monoisotopic (exact) mass is 400 g/mol. The summed E-state index contributed by atoms with van der Waals surface area (Å²) in [5.41, 5.74) is 1.48. The summed E-state index contributed by atoms with van der Waals surface area (Å²) in [7, 11) is -3.78. The highest BCUT2D eigenvalue weighted by atomic mass is 32.2. The molecule has 8 heteroatoms. The Bertz CT molecular complexity index is 1020. The number of anilines is 1. The van der Waals surface area contributed by atoms with Crippen LogP contribution in [0.15, 0.2) is 53.4 Å². The maximum Gasteiger partial charge on any atom is 0.296 e. The molecule has 0 radical (unpaired) electrons. The fourth-order valence-corrected chi connectivity index (χ4v) is 5.30. The quantitative estimate of drug-likeness (QED) is 0.751. The predicted octanol–water partition coefficient (Wildman–Crippen LogP) is 2.19. The van der Waals surface area contributed by atoms with E-state index in [-0.39, 0.29) is 16.5 Å². The fourth-order valence-electron chi connectivity index (χ4n) is 3.60. The fraction of sp³-hybridized carbons (Fsp3) is 0.300. The number of carbonyl (C=O) groups is 2. The van der Waals surface area contributed by atoms with Gasteiger partial charge >= 0.3 is 0 Å². The number of benzene rings is 2. The number of amides is 1. The number of sulfonamides is 1. The van der Waals surface area contributed by atoms with Crippen LogP contribution in [0.25, 0.3) is 0 Å². The van der Waals surface area contributed by atoms with E-state index in [2.05, 4.69) is 5.32 Å². The van der Waals surface area contributed by atoms with Gasteiger partial charge in [-0.15, -0.1) is 0 Å². The van der Waals surface area contributed by atoms with Crippen LogP contribution >= 0.6 is 0 Å². The van der Waals surface area contributed by atoms with Gasteiger partial charge in [0.1, 0.15) is 0 Å². The van der Waals surface area contributed by atoms with E-state index in [1.54, 1.807) is 0 Å². The average molecular weight is 400 g/mol. The van der Waals surface area contributed by atoms with Gasteiger partial charge in [0.15, 0.2) is 0 Å². The molecule has 0 bridgehead atoms. The minimum Gasteiger partial charge on any atom is -0.375 e. The minimum absolute atomic E-state index is 0.0195. The van der Waals surface area contributed by atoms with Gasteiger partial charge in [-0.05, 0) is 36.6 Å². The van der Waals surface area contributed by atoms with Crippen molar-refractivity contribution < 1.29 is 22.7 Å². The normalized spacial score (nSPS) is 19.6. The lowest BCUT2D eigenvalue weighted by atomic mass is 10.1. The highest BCUT2D eigenvalue weighted by Crippen LogP contribution is 2.30. The van der Waals surface area contributed by atoms with Crippen molar-refractivity contribution in [1.29, 1.82) is 0 Å². The lowest BCUT2D eigenvalue weighted by Crippen LogP contribution is -2.38. The molecular weight excluding hydrogens is 380 g/mol. The molecule has 1 atom stereocenters. The molecule has 0 unspecified atom stereocenters. The summed E-state index contributed by atoms with van der Waals surface area (Å²) < 4.78 is 33.4. The van der Waals surface area contributed by atoms with Crippen LogP contribution in [-0.2, 0) is 26.2 Å². The molecule has 2 aromatic carbocycles. The van der Waals surface area contributed by atoms with Gasteiger partial charge in [-0.3, -0.25) is 9.59 Å². The molecule has 0 aromatic heterocycles. The van der Waals surface area contributed by atoms with Gasteiger partial charge < -0.3 is 10.1 Å². The second-order valence-corrected chi connectivity index (χ2v) is 8.79. The topological polar surface area (TPSA) is 92.8 Å². The van der Waals surface area contributed by atoms with Crippen LogP contribution in [0.4, 0.5) is 5.69 Å². The number of ether oxygens (including phenoxy) is 1. The van der Waals surface area contributed by atoms with Crippen molar-refractivity contribution in [3.63, 3.8) is 0 Å². The van der Waals surface area contributed by atoms with E-state index in [9.17, 15) is 18.0 Å². The molecule has 2 aliphatic rings. The van der Waals surface area contributed by atoms with E-state index in [0.717, 1.165) is 18.4 Å². The summed E-state index contributed by atoms with van der Waals surface area (Å²) in [6, 6.07) is 13.6. The molecule has 28 heavy (non-hydrogen) atoms. The first-order valence-electron chi connectivity index (χ1n) is 9.10. The van der Waals surface area contributed by atoms with E-state index in [4.69, 9.17) is 4.74 Å². The van der Waals surface area contributed by atoms with Crippen molar-refractivity contribution in [1.82, 2.24) is 4.31 Å². The third-order valence-corrected chi connectivity index (χ3v) is 6.99. The Balaban J connectivity index is 1.49. The summed E-state index contributed by atoms with van der Waals surface area (Å²) in [6.45, 7) is 1.13. The van der Waals surface area contributed by atoms with Gasteiger partial charge in [0.05, 0.1) is 29.4 Å². The Hall–Kier alpha value is -2.55. The standard InChI is InChI=1S/C20H20N2O5S/c23-19-17-11-16(8-9-18(17)21-20(19)24)28(25,26)22-10-4-7-15(22)13-27-12-14-5-2-1-3-6-14/h1-3,5-6,8-9,11,15H,4,7,10,12-13H2,(H,21,23,24)/t15-/m0/s1. The van der Waals surface area contributed by atoms with Crippen LogP contribution in [0.5, 0.6) is 0 Å². The van der Waals surface area contributed by atoms with Gasteiger partial charge in [-0.2, -0.15) is 4.31 Å². The number of nitrogens with zero attached hydrogens (tertiary/aromatic N) is 1. The van der Waals surface area contributed by atoms with E-state index in [1.807, 2.05) is 30.3 Å². The molecule has 0 spiro atoms. The first-order valence-corrected chi connectivity index (χ1v) is 10.5. The maximum atomic E-state index is 13.1. The third kappa shape index (κ3) is 3.46. The van der Waals surface area contributed by atoms with Crippen molar-refractivity contribution in [3.05, 3.63) is 59.7 Å². The summed E-state index contributed by atoms with van der Waals surface area (Å²) in [6.07, 6.45) is 1.47. The molecule has 0 saturated carbocycles. The van der Waals surface area contributed by atoms with Gasteiger partial charge in [0.2, 0.25) is 10.0 Å². The zero-order chi connectivity index (χ0) is 19.7. The van der Waals surface area contributed by atoms with Gasteiger partial charge in [-0.25, -0.2) is 8.42 Å². The number of rotatable bonds is 6. The molecule has 1 N–H and O–H groups in total. The first-order chi connectivity index (χ1) is 13.5. The summed E-state index contributed by atoms with van der Waals surface area (Å²) in [4.78, 5) is 23.4. The van der Waals surface area contributed by atoms with Crippen LogP contribution in [0, 0.1) is 0 Å². The van der Waals surface area contributed by atoms with E-state index in [1.165, 1.54) is 22.5 Å². The number of fused-ring (bicyclic) bond motifs is 1. The van der Waals surface area contributed by atoms with Crippen LogP contribution < -0.4 is 5.32 Å². The number of Topliss-reactive ketones (excluding diaryl/α,β-unsaturated/α-hetero) is 1. The molecule has 1 amide bonds. The van der Waals surface area contributed by atoms with Crippen LogP contribution in [0.3, 0.4) is 0 Å². The predicted molar refractivity (Wildman–Crippen MR) is 102 cm³/mol. The lowest BCUT2D eigenvalue weighted by Gasteiger charge is -2.24. The van der Waals surface area contributed by atoms with Crippen molar-refractivity contribution >= 4 is 27.4 Å². The zero-order valence-electron chi connectivity index (χ0n) is 15.1. The molecule has 2 aromatic rings. The third-order valence-electron chi connectivity index (χ3n) is 5.04. The summed E-state index contributed by atoms with van der Waals surface area (Å²) >= 11 is 0. The molecular formula is C20H20N2O5S. The largest absolute Gasteiger partial charge is 0.375 e. The molecule has 1 saturated heterocycles. The second kappa shape index (κ2) is 7.46. The molecule has 1 fully saturated rings. The molecule has 2 heterocycles. The number of ketones is 1. The Morgan fingerprint density at radius 3 is 2.68 bits per heavy atom. The second-order valence-electron chi connectivity index (χ2n) is 6.90. The molecule has 4 rings (SSSR count). The van der Waals surface area contributed by atoms with E-state index < -0.39 is 21.7 Å². The average Bonchev–Trinajstić information content (AvgIpc) is 3.28. The number of nitrogens with one attached hydrogen (secondary N) is 1. The minimum atomic E-state index is -3.78. The molecule has 7 nitrogen and oxygen atoms in total. The maximum absolute atomic E-state index is 13.1. The Morgan fingerprint density at radius 1 is 1.11 bits per heavy atom. The highest BCUT2D eigenvalue weighted by molar-refractivity contribution is 7.89. The molecule has 146 valence electrons. The number of carbonyl (C=O) groups excluding carboxylic acids is 2. The van der Waals surface area contributed by atoms with Crippen LogP contribution in [0.2, 0.25) is 0 Å². The Labute approximate surface area is 163 Å². The van der Waals surface area contributed by atoms with Crippen molar-refractivity contribution in [3.8, 4) is 0 Å². The van der Waals surface area contributed by atoms with Crippen molar-refractivity contribution in [2.75, 3.05) is 18.5 Å². The SMILES string of the molecule is O=C1Nc2ccc(S(=O)(=O)N3CCC[C@H]3COCc3ccccc3)cc2C1=O. The van der Waals surface area contributed by atoms with E-state index in [0.29, 0.717) is 25.4 Å². The van der Waals surface area contributed by atoms with Gasteiger partial charge in [-0.1, -0.05) is 30.3 Å². The molecule has 0 aliphatic carbocycles. The van der Waals surface area contributed by atoms with Crippen LogP contribution in [-0.4, -0.2) is 43.6 Å². The Morgan fingerprint density at radius 2 is 1.89 bits per heavy atom. The molecule has 2 aliphatic heterocycles. The van der Waals surface area contributed by atoms with Gasteiger partial charge in [0.25, 0.3) is 11.7 Å².